The summed E-state index contributed by atoms with van der Waals surface area (Å²) < 4.78 is 4.47. The van der Waals surface area contributed by atoms with E-state index in [0.29, 0.717) is 6.04 Å². The van der Waals surface area contributed by atoms with Crippen molar-refractivity contribution in [1.29, 1.82) is 0 Å². The largest absolute Gasteiger partial charge is 0.323 e. The Morgan fingerprint density at radius 2 is 2.10 bits per heavy atom. The molecule has 0 atom stereocenters. The monoisotopic (exact) mass is 362 g/mol. The molecule has 1 aromatic heterocycles. The normalized spacial score (nSPS) is 10.9. The molecule has 0 amide bonds. The molecule has 0 radical (unpaired) electrons. The molecule has 56 valence electrons. The van der Waals surface area contributed by atoms with E-state index in [2.05, 4.69) is 68.6 Å². The molecule has 0 spiro atoms. The van der Waals surface area contributed by atoms with Gasteiger partial charge in [-0.3, -0.25) is 0 Å². The molecule has 10 heavy (non-hydrogen) atoms. The van der Waals surface area contributed by atoms with Crippen molar-refractivity contribution in [2.24, 2.45) is 0 Å². The van der Waals surface area contributed by atoms with E-state index in [-0.39, 0.29) is 0 Å². The van der Waals surface area contributed by atoms with Crippen LogP contribution < -0.4 is 0 Å². The van der Waals surface area contributed by atoms with Gasteiger partial charge in [0.15, 0.2) is 0 Å². The third-order valence-corrected chi connectivity index (χ3v) is 4.14. The minimum Gasteiger partial charge on any atom is -0.323 e. The number of rotatable bonds is 1. The summed E-state index contributed by atoms with van der Waals surface area (Å²) in [6.45, 7) is 4.31. The van der Waals surface area contributed by atoms with Gasteiger partial charge in [-0.1, -0.05) is 0 Å². The van der Waals surface area contributed by atoms with Crippen LogP contribution in [0.25, 0.3) is 0 Å². The molecule has 0 saturated carbocycles. The van der Waals surface area contributed by atoms with Crippen LogP contribution in [0.2, 0.25) is 0 Å². The third-order valence-electron chi connectivity index (χ3n) is 1.25. The summed E-state index contributed by atoms with van der Waals surface area (Å²) in [6.07, 6.45) is 1.88. The van der Waals surface area contributed by atoms with Gasteiger partial charge in [0.1, 0.15) is 7.40 Å². The van der Waals surface area contributed by atoms with E-state index in [4.69, 9.17) is 0 Å². The fraction of sp³-hybridized carbons (Fsp3) is 0.500. The summed E-state index contributed by atoms with van der Waals surface area (Å²) in [5.74, 6) is 0. The first-order chi connectivity index (χ1) is 4.63. The maximum absolute atomic E-state index is 4.18. The number of hydrogen-bond acceptors (Lipinski definition) is 1. The molecule has 0 aliphatic rings. The first-order valence-electron chi connectivity index (χ1n) is 3.00. The molecule has 0 aromatic carbocycles. The number of aromatic nitrogens is 2. The lowest BCUT2D eigenvalue weighted by atomic mass is 10.4. The van der Waals surface area contributed by atoms with E-state index in [1.807, 2.05) is 6.33 Å². The van der Waals surface area contributed by atoms with Gasteiger partial charge in [0, 0.05) is 6.04 Å². The van der Waals surface area contributed by atoms with E-state index < -0.39 is 0 Å². The van der Waals surface area contributed by atoms with Gasteiger partial charge >= 0.3 is 0 Å². The topological polar surface area (TPSA) is 17.8 Å². The minimum atomic E-state index is 0.517. The molecular formula is C6H8I2N2. The summed E-state index contributed by atoms with van der Waals surface area (Å²) in [4.78, 5) is 4.18. The van der Waals surface area contributed by atoms with Crippen molar-refractivity contribution in [2.75, 3.05) is 0 Å². The van der Waals surface area contributed by atoms with Gasteiger partial charge < -0.3 is 4.57 Å². The third kappa shape index (κ3) is 1.63. The van der Waals surface area contributed by atoms with Crippen LogP contribution in [0.1, 0.15) is 19.9 Å². The Balaban J connectivity index is 3.05. The first-order valence-corrected chi connectivity index (χ1v) is 5.16. The highest BCUT2D eigenvalue weighted by Gasteiger charge is 2.06. The van der Waals surface area contributed by atoms with Crippen LogP contribution in [0, 0.1) is 7.40 Å². The summed E-state index contributed by atoms with van der Waals surface area (Å²) in [5.41, 5.74) is 0. The van der Waals surface area contributed by atoms with E-state index in [1.165, 1.54) is 3.70 Å². The van der Waals surface area contributed by atoms with Crippen LogP contribution >= 0.6 is 45.2 Å². The molecule has 0 aliphatic carbocycles. The van der Waals surface area contributed by atoms with Crippen LogP contribution in [0.4, 0.5) is 0 Å². The highest BCUT2D eigenvalue weighted by molar-refractivity contribution is 14.1. The lowest BCUT2D eigenvalue weighted by Gasteiger charge is -2.06. The molecule has 0 aliphatic heterocycles. The molecule has 1 aromatic rings. The van der Waals surface area contributed by atoms with Gasteiger partial charge in [0.2, 0.25) is 0 Å². The maximum Gasteiger partial charge on any atom is 0.132 e. The highest BCUT2D eigenvalue weighted by Crippen LogP contribution is 2.16. The number of nitrogens with zero attached hydrogens (tertiary/aromatic N) is 2. The second kappa shape index (κ2) is 3.38. The average Bonchev–Trinajstić information content (AvgIpc) is 2.14. The van der Waals surface area contributed by atoms with Gasteiger partial charge in [-0.2, -0.15) is 0 Å². The molecule has 0 unspecified atom stereocenters. The lowest BCUT2D eigenvalue weighted by molar-refractivity contribution is 0.587. The van der Waals surface area contributed by atoms with Gasteiger partial charge in [-0.25, -0.2) is 4.98 Å². The number of halogens is 2. The molecule has 0 bridgehead atoms. The summed E-state index contributed by atoms with van der Waals surface area (Å²) in [7, 11) is 0. The zero-order valence-electron chi connectivity index (χ0n) is 5.81. The Bertz CT molecular complexity index is 230. The second-order valence-corrected chi connectivity index (χ2v) is 4.37. The van der Waals surface area contributed by atoms with Crippen molar-refractivity contribution in [2.45, 2.75) is 19.9 Å². The predicted molar refractivity (Wildman–Crippen MR) is 58.0 cm³/mol. The first kappa shape index (κ1) is 8.76. The van der Waals surface area contributed by atoms with Gasteiger partial charge in [-0.05, 0) is 59.0 Å². The van der Waals surface area contributed by atoms with E-state index in [1.54, 1.807) is 0 Å². The predicted octanol–water partition coefficient (Wildman–Crippen LogP) is 2.67. The smallest absolute Gasteiger partial charge is 0.132 e. The molecule has 2 nitrogen and oxygen atoms in total. The fourth-order valence-corrected chi connectivity index (χ4v) is 1.91. The molecule has 0 saturated heterocycles. The summed E-state index contributed by atoms with van der Waals surface area (Å²) in [5, 5.41) is 0. The fourth-order valence-electron chi connectivity index (χ4n) is 0.683. The Morgan fingerprint density at radius 1 is 1.50 bits per heavy atom. The van der Waals surface area contributed by atoms with Crippen LogP contribution in [0.15, 0.2) is 6.33 Å². The van der Waals surface area contributed by atoms with Crippen molar-refractivity contribution < 1.29 is 0 Å². The standard InChI is InChI=1S/C6H8I2N2/c1-4(2)10-3-9-5(7)6(10)8/h3-4H,1-2H3. The van der Waals surface area contributed by atoms with Crippen LogP contribution in [-0.4, -0.2) is 9.55 Å². The molecule has 0 fully saturated rings. The molecule has 4 heteroatoms. The summed E-state index contributed by atoms with van der Waals surface area (Å²) >= 11 is 4.55. The van der Waals surface area contributed by atoms with Gasteiger partial charge in [-0.15, -0.1) is 0 Å². The number of imidazole rings is 1. The number of hydrogen-bond donors (Lipinski definition) is 0. The zero-order valence-corrected chi connectivity index (χ0v) is 10.1. The molecule has 1 heterocycles. The Labute approximate surface area is 87.7 Å². The minimum absolute atomic E-state index is 0.517. The van der Waals surface area contributed by atoms with Gasteiger partial charge in [0.05, 0.1) is 6.33 Å². The van der Waals surface area contributed by atoms with E-state index >= 15 is 0 Å². The van der Waals surface area contributed by atoms with Crippen LogP contribution in [-0.2, 0) is 0 Å². The molecular weight excluding hydrogens is 354 g/mol. The van der Waals surface area contributed by atoms with E-state index in [9.17, 15) is 0 Å². The zero-order chi connectivity index (χ0) is 7.72. The Kier molecular flexibility index (Phi) is 2.96. The Hall–Kier alpha value is 0.670. The molecule has 1 rings (SSSR count). The van der Waals surface area contributed by atoms with Crippen LogP contribution in [0.3, 0.4) is 0 Å². The van der Waals surface area contributed by atoms with Crippen molar-refractivity contribution in [1.82, 2.24) is 9.55 Å². The van der Waals surface area contributed by atoms with Crippen molar-refractivity contribution in [3.8, 4) is 0 Å². The lowest BCUT2D eigenvalue weighted by Crippen LogP contribution is -2.00. The second-order valence-electron chi connectivity index (χ2n) is 2.33. The Morgan fingerprint density at radius 3 is 2.30 bits per heavy atom. The van der Waals surface area contributed by atoms with Crippen LogP contribution in [0.5, 0.6) is 0 Å². The van der Waals surface area contributed by atoms with Gasteiger partial charge in [0.25, 0.3) is 0 Å². The quantitative estimate of drug-likeness (QED) is 0.703. The molecule has 0 N–H and O–H groups in total. The van der Waals surface area contributed by atoms with Crippen molar-refractivity contribution >= 4 is 45.2 Å². The highest BCUT2D eigenvalue weighted by atomic mass is 127. The van der Waals surface area contributed by atoms with Crippen molar-refractivity contribution in [3.05, 3.63) is 13.7 Å². The SMILES string of the molecule is CC(C)n1cnc(I)c1I. The summed E-state index contributed by atoms with van der Waals surface area (Å²) in [6, 6.07) is 0.517. The van der Waals surface area contributed by atoms with Crippen molar-refractivity contribution in [3.63, 3.8) is 0 Å². The van der Waals surface area contributed by atoms with E-state index in [0.717, 1.165) is 3.70 Å². The average molecular weight is 362 g/mol. The maximum atomic E-state index is 4.18.